The fraction of sp³-hybridized carbons (Fsp3) is 0.188. The second-order valence-electron chi connectivity index (χ2n) is 8.60. The van der Waals surface area contributed by atoms with Gasteiger partial charge in [0.05, 0.1) is 0 Å². The van der Waals surface area contributed by atoms with Gasteiger partial charge >= 0.3 is 258 Å². The SMILES string of the molecule is CC(=O)[O-].CC(=O)[O-].O=S(C[CH]([Pd+])S(=O)c1ccccc1)c1ccccc1.O=S(C[CH]([Pd+])S(=O)c1ccccc1)c1ccccc1. The molecule has 4 rings (SSSR count). The second-order valence-corrected chi connectivity index (χ2v) is 18.2. The molecule has 4 aromatic rings. The first-order valence-corrected chi connectivity index (χ1v) is 20.0. The summed E-state index contributed by atoms with van der Waals surface area (Å²) in [5.74, 6) is -1.48. The summed E-state index contributed by atoms with van der Waals surface area (Å²) in [6.45, 7) is 1.94. The van der Waals surface area contributed by atoms with Crippen molar-refractivity contribution < 1.29 is 75.0 Å². The summed E-state index contributed by atoms with van der Waals surface area (Å²) >= 11 is 6.17. The zero-order valence-electron chi connectivity index (χ0n) is 24.6. The van der Waals surface area contributed by atoms with Gasteiger partial charge in [-0.3, -0.25) is 0 Å². The van der Waals surface area contributed by atoms with Gasteiger partial charge in [0.1, 0.15) is 0 Å². The van der Waals surface area contributed by atoms with Crippen LogP contribution in [-0.2, 0) is 91.2 Å². The van der Waals surface area contributed by atoms with Crippen molar-refractivity contribution >= 4 is 55.1 Å². The molecule has 0 radical (unpaired) electrons. The summed E-state index contributed by atoms with van der Waals surface area (Å²) in [5, 5.41) is 17.8. The Morgan fingerprint density at radius 3 is 0.913 bits per heavy atom. The average molecular weight is 886 g/mol. The Morgan fingerprint density at radius 2 is 0.696 bits per heavy atom. The molecule has 0 amide bonds. The fourth-order valence-electron chi connectivity index (χ4n) is 3.07. The topological polar surface area (TPSA) is 149 Å². The molecule has 4 aromatic carbocycles. The molecule has 0 saturated carbocycles. The number of carboxylic acids is 2. The molecular formula is C32H32O8Pd2S4. The van der Waals surface area contributed by atoms with Crippen LogP contribution in [0.15, 0.2) is 141 Å². The van der Waals surface area contributed by atoms with Crippen molar-refractivity contribution in [2.45, 2.75) is 40.9 Å². The van der Waals surface area contributed by atoms with E-state index in [1.54, 1.807) is 0 Å². The van der Waals surface area contributed by atoms with Crippen molar-refractivity contribution in [3.8, 4) is 0 Å². The van der Waals surface area contributed by atoms with Crippen LogP contribution in [0.25, 0.3) is 0 Å². The number of hydrogen-bond donors (Lipinski definition) is 0. The Labute approximate surface area is 301 Å². The standard InChI is InChI=1S/2C14H13O2S2.2C2H4O2.2Pd/c2*15-17(13-7-3-1-4-8-13)11-12-18(16)14-9-5-2-6-10-14;2*1-2(3)4;;/h2*1-11H,12H2;2*1H3,(H,3,4);;/q;;;;2*+1/p-2. The first-order valence-electron chi connectivity index (χ1n) is 13.2. The van der Waals surface area contributed by atoms with E-state index >= 15 is 0 Å². The van der Waals surface area contributed by atoms with Crippen molar-refractivity contribution in [1.82, 2.24) is 0 Å². The Bertz CT molecular complexity index is 1440. The Morgan fingerprint density at radius 1 is 0.500 bits per heavy atom. The molecule has 0 heterocycles. The summed E-state index contributed by atoms with van der Waals surface area (Å²) in [6, 6.07) is 37.0. The minimum atomic E-state index is -1.18. The van der Waals surface area contributed by atoms with Gasteiger partial charge in [-0.25, -0.2) is 0 Å². The fourth-order valence-corrected chi connectivity index (χ4v) is 10.6. The number of aliphatic carboxylic acids is 2. The van der Waals surface area contributed by atoms with Crippen molar-refractivity contribution in [2.75, 3.05) is 11.5 Å². The van der Waals surface area contributed by atoms with E-state index in [1.807, 2.05) is 121 Å². The summed E-state index contributed by atoms with van der Waals surface area (Å²) in [6.07, 6.45) is 0. The first kappa shape index (κ1) is 41.8. The average Bonchev–Trinajstić information content (AvgIpc) is 3.05. The third-order valence-corrected chi connectivity index (χ3v) is 14.3. The normalized spacial score (nSPS) is 14.0. The van der Waals surface area contributed by atoms with Crippen LogP contribution in [0.1, 0.15) is 13.8 Å². The summed E-state index contributed by atoms with van der Waals surface area (Å²) < 4.78 is 48.2. The summed E-state index contributed by atoms with van der Waals surface area (Å²) in [4.78, 5) is 20.8. The van der Waals surface area contributed by atoms with Crippen LogP contribution in [0.4, 0.5) is 0 Å². The molecule has 0 spiro atoms. The predicted octanol–water partition coefficient (Wildman–Crippen LogP) is 2.46. The molecule has 0 saturated heterocycles. The van der Waals surface area contributed by atoms with E-state index in [1.165, 1.54) is 0 Å². The molecule has 0 aliphatic rings. The molecule has 6 atom stereocenters. The van der Waals surface area contributed by atoms with Crippen LogP contribution in [0.2, 0.25) is 0 Å². The first-order chi connectivity index (χ1) is 21.8. The van der Waals surface area contributed by atoms with Gasteiger partial charge in [-0.1, -0.05) is 0 Å². The summed E-state index contributed by atoms with van der Waals surface area (Å²) in [5.41, 5.74) is 0. The molecule has 14 heteroatoms. The molecule has 0 aromatic heterocycles. The number of carbonyl (C=O) groups is 2. The molecule has 0 aliphatic carbocycles. The third-order valence-electron chi connectivity index (χ3n) is 4.95. The zero-order valence-corrected chi connectivity index (χ0v) is 31.0. The Hall–Kier alpha value is -2.26. The van der Waals surface area contributed by atoms with Gasteiger partial charge in [0, 0.05) is 11.9 Å². The Balaban J connectivity index is 0.000000374. The van der Waals surface area contributed by atoms with E-state index < -0.39 is 55.1 Å². The van der Waals surface area contributed by atoms with Crippen LogP contribution in [0.5, 0.6) is 0 Å². The van der Waals surface area contributed by atoms with Crippen LogP contribution < -0.4 is 10.2 Å². The number of hydrogen-bond acceptors (Lipinski definition) is 8. The molecule has 0 bridgehead atoms. The molecule has 8 nitrogen and oxygen atoms in total. The zero-order chi connectivity index (χ0) is 34.5. The van der Waals surface area contributed by atoms with Gasteiger partial charge < -0.3 is 19.8 Å². The molecule has 6 unspecified atom stereocenters. The van der Waals surface area contributed by atoms with Crippen molar-refractivity contribution in [2.24, 2.45) is 0 Å². The molecule has 0 aliphatic heterocycles. The van der Waals surface area contributed by atoms with Crippen LogP contribution in [-0.4, -0.2) is 47.7 Å². The Kier molecular flexibility index (Phi) is 21.8. The third kappa shape index (κ3) is 18.2. The van der Waals surface area contributed by atoms with Crippen LogP contribution in [0.3, 0.4) is 0 Å². The minimum absolute atomic E-state index is 0.286. The van der Waals surface area contributed by atoms with E-state index in [9.17, 15) is 16.8 Å². The van der Waals surface area contributed by atoms with Crippen LogP contribution in [0, 0.1) is 0 Å². The maximum atomic E-state index is 12.3. The van der Waals surface area contributed by atoms with E-state index in [4.69, 9.17) is 19.8 Å². The van der Waals surface area contributed by atoms with E-state index in [-0.39, 0.29) is 7.45 Å². The van der Waals surface area contributed by atoms with E-state index in [0.29, 0.717) is 11.5 Å². The van der Waals surface area contributed by atoms with Gasteiger partial charge in [-0.05, 0) is 13.8 Å². The molecule has 0 N–H and O–H groups in total. The van der Waals surface area contributed by atoms with Crippen LogP contribution >= 0.6 is 0 Å². The van der Waals surface area contributed by atoms with Crippen molar-refractivity contribution in [3.05, 3.63) is 121 Å². The maximum absolute atomic E-state index is 12.3. The van der Waals surface area contributed by atoms with E-state index in [0.717, 1.165) is 33.4 Å². The molecule has 0 fully saturated rings. The predicted molar refractivity (Wildman–Crippen MR) is 170 cm³/mol. The molecular weight excluding hydrogens is 853 g/mol. The van der Waals surface area contributed by atoms with Gasteiger partial charge in [-0.2, -0.15) is 0 Å². The van der Waals surface area contributed by atoms with E-state index in [2.05, 4.69) is 38.4 Å². The monoisotopic (exact) mass is 884 g/mol. The van der Waals surface area contributed by atoms with Gasteiger partial charge in [0.2, 0.25) is 0 Å². The van der Waals surface area contributed by atoms with Gasteiger partial charge in [-0.15, -0.1) is 0 Å². The summed E-state index contributed by atoms with van der Waals surface area (Å²) in [7, 11) is -4.64. The number of rotatable bonds is 10. The number of carbonyl (C=O) groups excluding carboxylic acids is 2. The molecule has 252 valence electrons. The van der Waals surface area contributed by atoms with Crippen molar-refractivity contribution in [1.29, 1.82) is 0 Å². The van der Waals surface area contributed by atoms with Crippen molar-refractivity contribution in [3.63, 3.8) is 0 Å². The molecule has 46 heavy (non-hydrogen) atoms. The van der Waals surface area contributed by atoms with Gasteiger partial charge in [0.15, 0.2) is 0 Å². The number of benzene rings is 4. The quantitative estimate of drug-likeness (QED) is 0.221. The second kappa shape index (κ2) is 24.0. The number of carboxylic acid groups (broad SMARTS) is 2. The van der Waals surface area contributed by atoms with Gasteiger partial charge in [0.25, 0.3) is 0 Å².